The summed E-state index contributed by atoms with van der Waals surface area (Å²) in [4.78, 5) is 14.6. The van der Waals surface area contributed by atoms with Gasteiger partial charge in [-0.1, -0.05) is 24.0 Å². The van der Waals surface area contributed by atoms with E-state index in [0.29, 0.717) is 23.4 Å². The first-order valence-corrected chi connectivity index (χ1v) is 11.6. The van der Waals surface area contributed by atoms with E-state index in [4.69, 9.17) is 12.2 Å². The Kier molecular flexibility index (Phi) is 5.41. The minimum atomic E-state index is -3.31. The molecule has 3 rings (SSSR count). The van der Waals surface area contributed by atoms with E-state index < -0.39 is 10.0 Å². The molecule has 8 heteroatoms. The molecule has 1 fully saturated rings. The first-order valence-electron chi connectivity index (χ1n) is 8.34. The van der Waals surface area contributed by atoms with Gasteiger partial charge in [-0.15, -0.1) is 0 Å². The summed E-state index contributed by atoms with van der Waals surface area (Å²) in [6.45, 7) is 3.85. The number of likely N-dealkylation sites (tertiary alicyclic amines) is 1. The Balaban J connectivity index is 1.69. The lowest BCUT2D eigenvalue weighted by atomic mass is 10.0. The second-order valence-corrected chi connectivity index (χ2v) is 10.1. The summed E-state index contributed by atoms with van der Waals surface area (Å²) in [5, 5.41) is 0. The zero-order chi connectivity index (χ0) is 18.2. The monoisotopic (exact) mass is 398 g/mol. The third-order valence-electron chi connectivity index (χ3n) is 4.60. The topological polar surface area (TPSA) is 57.7 Å². The van der Waals surface area contributed by atoms with Gasteiger partial charge in [-0.05, 0) is 49.9 Å². The molecule has 0 spiro atoms. The van der Waals surface area contributed by atoms with Gasteiger partial charge in [0.1, 0.15) is 4.32 Å². The zero-order valence-electron chi connectivity index (χ0n) is 14.4. The molecule has 2 aliphatic heterocycles. The number of thiocarbonyl (C=S) groups is 1. The molecule has 0 radical (unpaired) electrons. The molecule has 0 bridgehead atoms. The average Bonchev–Trinajstić information content (AvgIpc) is 3.17. The normalized spacial score (nSPS) is 20.0. The third-order valence-corrected chi connectivity index (χ3v) is 7.40. The van der Waals surface area contributed by atoms with Gasteiger partial charge in [0.05, 0.1) is 17.7 Å². The highest BCUT2D eigenvalue weighted by atomic mass is 32.2. The van der Waals surface area contributed by atoms with Crippen LogP contribution in [0, 0.1) is 0 Å². The molecule has 0 amide bonds. The molecule has 136 valence electrons. The number of carbonyl (C=O) groups is 1. The molecule has 0 aliphatic carbocycles. The van der Waals surface area contributed by atoms with Crippen LogP contribution in [0.5, 0.6) is 0 Å². The first kappa shape index (κ1) is 18.7. The minimum absolute atomic E-state index is 0.0276. The Morgan fingerprint density at radius 2 is 2.00 bits per heavy atom. The Bertz CT molecular complexity index is 801. The quantitative estimate of drug-likeness (QED) is 0.574. The first-order chi connectivity index (χ1) is 11.8. The van der Waals surface area contributed by atoms with Crippen LogP contribution in [-0.4, -0.2) is 54.6 Å². The van der Waals surface area contributed by atoms with Crippen molar-refractivity contribution in [3.05, 3.63) is 29.3 Å². The molecule has 1 saturated heterocycles. The number of hydrogen-bond acceptors (Lipinski definition) is 5. The van der Waals surface area contributed by atoms with Crippen molar-refractivity contribution in [2.24, 2.45) is 0 Å². The zero-order valence-corrected chi connectivity index (χ0v) is 16.8. The van der Waals surface area contributed by atoms with Gasteiger partial charge in [-0.2, -0.15) is 0 Å². The molecular formula is C17H22N2O3S3. The maximum Gasteiger partial charge on any atom is 0.232 e. The smallest absolute Gasteiger partial charge is 0.232 e. The lowest BCUT2D eigenvalue weighted by Gasteiger charge is -2.22. The number of ketones is 1. The highest BCUT2D eigenvalue weighted by molar-refractivity contribution is 8.23. The SMILES string of the molecule is C[C@@H]1Cc2cc(C(=O)CSC(=S)N3CCCC3)ccc2N1S(C)(=O)=O. The molecule has 1 aromatic carbocycles. The lowest BCUT2D eigenvalue weighted by Crippen LogP contribution is -2.34. The molecule has 2 aliphatic rings. The predicted octanol–water partition coefficient (Wildman–Crippen LogP) is 2.69. The largest absolute Gasteiger partial charge is 0.358 e. The second kappa shape index (κ2) is 7.25. The second-order valence-electron chi connectivity index (χ2n) is 6.63. The standard InChI is InChI=1S/C17H22N2O3S3/c1-12-9-14-10-13(5-6-15(14)19(12)25(2,21)22)16(20)11-24-17(23)18-7-3-4-8-18/h5-6,10,12H,3-4,7-9,11H2,1-2H3/t12-/m1/s1. The summed E-state index contributed by atoms with van der Waals surface area (Å²) in [7, 11) is -3.31. The summed E-state index contributed by atoms with van der Waals surface area (Å²) >= 11 is 6.81. The van der Waals surface area contributed by atoms with Gasteiger partial charge >= 0.3 is 0 Å². The summed E-state index contributed by atoms with van der Waals surface area (Å²) in [5.74, 6) is 0.347. The number of thioether (sulfide) groups is 1. The maximum absolute atomic E-state index is 12.5. The van der Waals surface area contributed by atoms with Crippen LogP contribution in [-0.2, 0) is 16.4 Å². The van der Waals surface area contributed by atoms with Crippen molar-refractivity contribution in [3.8, 4) is 0 Å². The summed E-state index contributed by atoms with van der Waals surface area (Å²) < 4.78 is 26.2. The van der Waals surface area contributed by atoms with Gasteiger partial charge in [0.2, 0.25) is 10.0 Å². The van der Waals surface area contributed by atoms with E-state index in [1.807, 2.05) is 13.0 Å². The van der Waals surface area contributed by atoms with E-state index in [-0.39, 0.29) is 11.8 Å². The van der Waals surface area contributed by atoms with Crippen molar-refractivity contribution >= 4 is 49.8 Å². The Morgan fingerprint density at radius 1 is 1.32 bits per heavy atom. The van der Waals surface area contributed by atoms with E-state index in [2.05, 4.69) is 4.90 Å². The molecule has 0 unspecified atom stereocenters. The lowest BCUT2D eigenvalue weighted by molar-refractivity contribution is 0.102. The molecule has 2 heterocycles. The van der Waals surface area contributed by atoms with Gasteiger partial charge < -0.3 is 4.90 Å². The molecule has 25 heavy (non-hydrogen) atoms. The van der Waals surface area contributed by atoms with Crippen molar-refractivity contribution in [3.63, 3.8) is 0 Å². The number of nitrogens with zero attached hydrogens (tertiary/aromatic N) is 2. The van der Waals surface area contributed by atoms with Crippen LogP contribution in [0.2, 0.25) is 0 Å². The van der Waals surface area contributed by atoms with Crippen LogP contribution in [0.4, 0.5) is 5.69 Å². The molecule has 0 N–H and O–H groups in total. The van der Waals surface area contributed by atoms with Crippen LogP contribution in [0.1, 0.15) is 35.7 Å². The van der Waals surface area contributed by atoms with E-state index in [9.17, 15) is 13.2 Å². The molecule has 0 saturated carbocycles. The Morgan fingerprint density at radius 3 is 2.64 bits per heavy atom. The van der Waals surface area contributed by atoms with Crippen molar-refractivity contribution in [2.75, 3.05) is 29.4 Å². The van der Waals surface area contributed by atoms with Gasteiger partial charge in [0.15, 0.2) is 5.78 Å². The van der Waals surface area contributed by atoms with Crippen molar-refractivity contribution in [2.45, 2.75) is 32.2 Å². The highest BCUT2D eigenvalue weighted by Crippen LogP contribution is 2.35. The molecule has 0 aromatic heterocycles. The van der Waals surface area contributed by atoms with Crippen LogP contribution in [0.25, 0.3) is 0 Å². The number of benzene rings is 1. The van der Waals surface area contributed by atoms with Crippen LogP contribution in [0.3, 0.4) is 0 Å². The van der Waals surface area contributed by atoms with Crippen molar-refractivity contribution in [1.29, 1.82) is 0 Å². The number of carbonyl (C=O) groups excluding carboxylic acids is 1. The fraction of sp³-hybridized carbons (Fsp3) is 0.529. The number of rotatable bonds is 4. The minimum Gasteiger partial charge on any atom is -0.358 e. The maximum atomic E-state index is 12.5. The number of hydrogen-bond donors (Lipinski definition) is 0. The van der Waals surface area contributed by atoms with Crippen molar-refractivity contribution in [1.82, 2.24) is 4.90 Å². The predicted molar refractivity (Wildman–Crippen MR) is 107 cm³/mol. The third kappa shape index (κ3) is 4.01. The van der Waals surface area contributed by atoms with E-state index >= 15 is 0 Å². The Hall–Kier alpha value is -1.12. The number of fused-ring (bicyclic) bond motifs is 1. The summed E-state index contributed by atoms with van der Waals surface area (Å²) in [6.07, 6.45) is 4.17. The number of Topliss-reactive ketones (excluding diaryl/α,β-unsaturated/α-hetero) is 1. The highest BCUT2D eigenvalue weighted by Gasteiger charge is 2.32. The van der Waals surface area contributed by atoms with E-state index in [1.54, 1.807) is 12.1 Å². The number of anilines is 1. The summed E-state index contributed by atoms with van der Waals surface area (Å²) in [5.41, 5.74) is 2.22. The molecule has 1 atom stereocenters. The van der Waals surface area contributed by atoms with E-state index in [0.717, 1.165) is 35.8 Å². The van der Waals surface area contributed by atoms with Crippen LogP contribution < -0.4 is 4.31 Å². The fourth-order valence-electron chi connectivity index (χ4n) is 3.48. The Labute approximate surface area is 158 Å². The van der Waals surface area contributed by atoms with Gasteiger partial charge in [-0.3, -0.25) is 9.10 Å². The van der Waals surface area contributed by atoms with Crippen LogP contribution >= 0.6 is 24.0 Å². The van der Waals surface area contributed by atoms with Crippen LogP contribution in [0.15, 0.2) is 18.2 Å². The fourth-order valence-corrected chi connectivity index (χ4v) is 5.89. The number of sulfonamides is 1. The van der Waals surface area contributed by atoms with Gasteiger partial charge in [0, 0.05) is 24.7 Å². The molecule has 1 aromatic rings. The molecular weight excluding hydrogens is 376 g/mol. The van der Waals surface area contributed by atoms with E-state index in [1.165, 1.54) is 22.3 Å². The average molecular weight is 399 g/mol. The molecule has 5 nitrogen and oxygen atoms in total. The van der Waals surface area contributed by atoms with Gasteiger partial charge in [0.25, 0.3) is 0 Å². The summed E-state index contributed by atoms with van der Waals surface area (Å²) in [6, 6.07) is 5.18. The van der Waals surface area contributed by atoms with Gasteiger partial charge in [-0.25, -0.2) is 8.42 Å². The van der Waals surface area contributed by atoms with Crippen molar-refractivity contribution < 1.29 is 13.2 Å².